The zero-order chi connectivity index (χ0) is 20.4. The first-order chi connectivity index (χ1) is 14.0. The molecule has 5 heteroatoms. The lowest BCUT2D eigenvalue weighted by Crippen LogP contribution is -2.14. The number of aromatic carboxylic acids is 1. The number of anilines is 1. The standard InChI is InChI=1S/C24H26N2O3/c1-15-11-20(16(2)26-22-6-4-3-5-19(22)24(27)28)21-13-18(14-25-23(21)12-15)17-7-9-29-10-8-17/h3-6,11-14,16-17,26H,7-10H2,1-2H3,(H,27,28)/t16-/m1/s1. The maximum Gasteiger partial charge on any atom is 0.337 e. The van der Waals surface area contributed by atoms with Crippen molar-refractivity contribution in [2.75, 3.05) is 18.5 Å². The summed E-state index contributed by atoms with van der Waals surface area (Å²) in [6.07, 6.45) is 4.04. The number of carbonyl (C=O) groups is 1. The van der Waals surface area contributed by atoms with E-state index in [1.165, 1.54) is 5.56 Å². The molecule has 1 aliphatic heterocycles. The highest BCUT2D eigenvalue weighted by Gasteiger charge is 2.19. The number of carboxylic acids is 1. The van der Waals surface area contributed by atoms with Crippen LogP contribution in [0.15, 0.2) is 48.7 Å². The molecule has 1 aliphatic rings. The zero-order valence-corrected chi connectivity index (χ0v) is 16.8. The number of hydrogen-bond acceptors (Lipinski definition) is 4. The van der Waals surface area contributed by atoms with E-state index >= 15 is 0 Å². The highest BCUT2D eigenvalue weighted by Crippen LogP contribution is 2.33. The minimum absolute atomic E-state index is 0.0651. The van der Waals surface area contributed by atoms with Crippen LogP contribution >= 0.6 is 0 Å². The fourth-order valence-electron chi connectivity index (χ4n) is 4.14. The number of aromatic nitrogens is 1. The second-order valence-corrected chi connectivity index (χ2v) is 7.79. The molecular formula is C24H26N2O3. The second-order valence-electron chi connectivity index (χ2n) is 7.79. The molecule has 0 amide bonds. The Hall–Kier alpha value is -2.92. The van der Waals surface area contributed by atoms with E-state index in [4.69, 9.17) is 9.72 Å². The van der Waals surface area contributed by atoms with Crippen molar-refractivity contribution in [1.29, 1.82) is 0 Å². The Kier molecular flexibility index (Phi) is 5.49. The van der Waals surface area contributed by atoms with Crippen molar-refractivity contribution < 1.29 is 14.6 Å². The van der Waals surface area contributed by atoms with E-state index in [1.807, 2.05) is 18.3 Å². The predicted octanol–water partition coefficient (Wildman–Crippen LogP) is 5.31. The smallest absolute Gasteiger partial charge is 0.337 e. The van der Waals surface area contributed by atoms with Crippen molar-refractivity contribution in [2.24, 2.45) is 0 Å². The molecule has 2 N–H and O–H groups in total. The van der Waals surface area contributed by atoms with E-state index < -0.39 is 5.97 Å². The molecule has 0 bridgehead atoms. The number of pyridine rings is 1. The lowest BCUT2D eigenvalue weighted by Gasteiger charge is -2.24. The average Bonchev–Trinajstić information content (AvgIpc) is 2.73. The number of benzene rings is 2. The zero-order valence-electron chi connectivity index (χ0n) is 16.8. The third kappa shape index (κ3) is 4.10. The molecule has 2 aromatic carbocycles. The van der Waals surface area contributed by atoms with E-state index in [0.29, 0.717) is 11.6 Å². The largest absolute Gasteiger partial charge is 0.478 e. The van der Waals surface area contributed by atoms with E-state index in [-0.39, 0.29) is 11.6 Å². The number of hydrogen-bond donors (Lipinski definition) is 2. The quantitative estimate of drug-likeness (QED) is 0.618. The number of rotatable bonds is 5. The van der Waals surface area contributed by atoms with Crippen LogP contribution in [-0.2, 0) is 4.74 Å². The number of nitrogens with zero attached hydrogens (tertiary/aromatic N) is 1. The first kappa shape index (κ1) is 19.4. The summed E-state index contributed by atoms with van der Waals surface area (Å²) >= 11 is 0. The SMILES string of the molecule is Cc1cc([C@@H](C)Nc2ccccc2C(=O)O)c2cc(C3CCOCC3)cnc2c1. The fourth-order valence-corrected chi connectivity index (χ4v) is 4.14. The summed E-state index contributed by atoms with van der Waals surface area (Å²) in [6.45, 7) is 5.73. The van der Waals surface area contributed by atoms with Crippen LogP contribution in [0.3, 0.4) is 0 Å². The molecule has 3 aromatic rings. The van der Waals surface area contributed by atoms with Gasteiger partial charge in [-0.05, 0) is 73.6 Å². The van der Waals surface area contributed by atoms with Crippen LogP contribution in [0.25, 0.3) is 10.9 Å². The Labute approximate surface area is 170 Å². The lowest BCUT2D eigenvalue weighted by atomic mass is 9.90. The highest BCUT2D eigenvalue weighted by atomic mass is 16.5. The molecule has 0 unspecified atom stereocenters. The average molecular weight is 390 g/mol. The number of carboxylic acid groups (broad SMARTS) is 1. The van der Waals surface area contributed by atoms with Crippen LogP contribution < -0.4 is 5.32 Å². The lowest BCUT2D eigenvalue weighted by molar-refractivity contribution is 0.0698. The monoisotopic (exact) mass is 390 g/mol. The number of aryl methyl sites for hydroxylation is 1. The van der Waals surface area contributed by atoms with Crippen molar-refractivity contribution >= 4 is 22.6 Å². The van der Waals surface area contributed by atoms with Crippen molar-refractivity contribution in [3.63, 3.8) is 0 Å². The van der Waals surface area contributed by atoms with Crippen LogP contribution in [-0.4, -0.2) is 29.3 Å². The Bertz CT molecular complexity index is 1040. The fraction of sp³-hybridized carbons (Fsp3) is 0.333. The first-order valence-electron chi connectivity index (χ1n) is 10.1. The van der Waals surface area contributed by atoms with E-state index in [2.05, 4.69) is 37.4 Å². The molecular weight excluding hydrogens is 364 g/mol. The molecule has 5 nitrogen and oxygen atoms in total. The van der Waals surface area contributed by atoms with Crippen LogP contribution in [0.2, 0.25) is 0 Å². The molecule has 0 saturated carbocycles. The molecule has 0 spiro atoms. The van der Waals surface area contributed by atoms with Crippen LogP contribution in [0.5, 0.6) is 0 Å². The predicted molar refractivity (Wildman–Crippen MR) is 115 cm³/mol. The molecule has 1 fully saturated rings. The Morgan fingerprint density at radius 3 is 2.72 bits per heavy atom. The Morgan fingerprint density at radius 2 is 1.97 bits per heavy atom. The van der Waals surface area contributed by atoms with Gasteiger partial charge in [0.2, 0.25) is 0 Å². The van der Waals surface area contributed by atoms with Gasteiger partial charge in [0.15, 0.2) is 0 Å². The normalized spacial score (nSPS) is 15.9. The summed E-state index contributed by atoms with van der Waals surface area (Å²) in [6, 6.07) is 13.5. The number of fused-ring (bicyclic) bond motifs is 1. The third-order valence-electron chi connectivity index (χ3n) is 5.69. The Morgan fingerprint density at radius 1 is 1.21 bits per heavy atom. The second kappa shape index (κ2) is 8.21. The summed E-state index contributed by atoms with van der Waals surface area (Å²) in [5, 5.41) is 14.0. The number of ether oxygens (including phenoxy) is 1. The summed E-state index contributed by atoms with van der Waals surface area (Å²) in [5.74, 6) is -0.455. The molecule has 1 atom stereocenters. The van der Waals surface area contributed by atoms with Gasteiger partial charge < -0.3 is 15.2 Å². The van der Waals surface area contributed by atoms with Crippen LogP contribution in [0.1, 0.15) is 58.8 Å². The first-order valence-corrected chi connectivity index (χ1v) is 10.1. The molecule has 29 heavy (non-hydrogen) atoms. The number of para-hydroxylation sites is 1. The maximum atomic E-state index is 11.6. The molecule has 0 radical (unpaired) electrons. The van der Waals surface area contributed by atoms with Gasteiger partial charge in [-0.15, -0.1) is 0 Å². The summed E-state index contributed by atoms with van der Waals surface area (Å²) < 4.78 is 5.50. The molecule has 1 aromatic heterocycles. The minimum atomic E-state index is -0.933. The van der Waals surface area contributed by atoms with Gasteiger partial charge in [-0.3, -0.25) is 4.98 Å². The van der Waals surface area contributed by atoms with E-state index in [1.54, 1.807) is 12.1 Å². The van der Waals surface area contributed by atoms with Gasteiger partial charge in [-0.2, -0.15) is 0 Å². The Balaban J connectivity index is 1.72. The van der Waals surface area contributed by atoms with Crippen molar-refractivity contribution in [3.05, 3.63) is 70.9 Å². The van der Waals surface area contributed by atoms with Gasteiger partial charge >= 0.3 is 5.97 Å². The molecule has 4 rings (SSSR count). The van der Waals surface area contributed by atoms with E-state index in [9.17, 15) is 9.90 Å². The van der Waals surface area contributed by atoms with Gasteiger partial charge in [0, 0.05) is 36.5 Å². The summed E-state index contributed by atoms with van der Waals surface area (Å²) in [4.78, 5) is 16.3. The molecule has 2 heterocycles. The van der Waals surface area contributed by atoms with Crippen molar-refractivity contribution in [2.45, 2.75) is 38.6 Å². The van der Waals surface area contributed by atoms with Gasteiger partial charge in [-0.25, -0.2) is 4.79 Å². The summed E-state index contributed by atoms with van der Waals surface area (Å²) in [5.41, 5.74) is 5.38. The van der Waals surface area contributed by atoms with Gasteiger partial charge in [0.25, 0.3) is 0 Å². The van der Waals surface area contributed by atoms with E-state index in [0.717, 1.165) is 48.1 Å². The van der Waals surface area contributed by atoms with Crippen molar-refractivity contribution in [1.82, 2.24) is 4.98 Å². The minimum Gasteiger partial charge on any atom is -0.478 e. The third-order valence-corrected chi connectivity index (χ3v) is 5.69. The van der Waals surface area contributed by atoms with Crippen LogP contribution in [0.4, 0.5) is 5.69 Å². The molecule has 150 valence electrons. The maximum absolute atomic E-state index is 11.6. The van der Waals surface area contributed by atoms with Crippen molar-refractivity contribution in [3.8, 4) is 0 Å². The molecule has 0 aliphatic carbocycles. The van der Waals surface area contributed by atoms with Gasteiger partial charge in [0.05, 0.1) is 11.1 Å². The highest BCUT2D eigenvalue weighted by molar-refractivity contribution is 5.94. The van der Waals surface area contributed by atoms with Gasteiger partial charge in [-0.1, -0.05) is 18.2 Å². The van der Waals surface area contributed by atoms with Crippen LogP contribution in [0, 0.1) is 6.92 Å². The topological polar surface area (TPSA) is 71.5 Å². The summed E-state index contributed by atoms with van der Waals surface area (Å²) in [7, 11) is 0. The molecule has 1 saturated heterocycles. The number of nitrogens with one attached hydrogen (secondary N) is 1. The van der Waals surface area contributed by atoms with Gasteiger partial charge in [0.1, 0.15) is 0 Å².